The summed E-state index contributed by atoms with van der Waals surface area (Å²) in [6.07, 6.45) is -2.26. The fraction of sp³-hybridized carbons (Fsp3) is 0.200. The molecule has 0 fully saturated rings. The molecular weight excluding hydrogens is 228 g/mol. The van der Waals surface area contributed by atoms with E-state index in [9.17, 15) is 14.9 Å². The lowest BCUT2D eigenvalue weighted by atomic mass is 10.1. The zero-order valence-corrected chi connectivity index (χ0v) is 8.82. The molecule has 0 aliphatic rings. The Morgan fingerprint density at radius 3 is 2.82 bits per heavy atom. The molecule has 0 unspecified atom stereocenters. The van der Waals surface area contributed by atoms with E-state index >= 15 is 0 Å². The predicted octanol–water partition coefficient (Wildman–Crippen LogP) is 1.94. The molecule has 88 valence electrons. The summed E-state index contributed by atoms with van der Waals surface area (Å²) in [5, 5.41) is 19.3. The van der Waals surface area contributed by atoms with Crippen LogP contribution in [-0.2, 0) is 9.47 Å². The largest absolute Gasteiger partial charge is 0.509 e. The summed E-state index contributed by atoms with van der Waals surface area (Å²) >= 11 is 0. The van der Waals surface area contributed by atoms with Crippen LogP contribution in [0.5, 0.6) is 0 Å². The molecule has 0 aromatic heterocycles. The van der Waals surface area contributed by atoms with Gasteiger partial charge >= 0.3 is 6.16 Å². The minimum Gasteiger partial charge on any atom is -0.438 e. The molecule has 1 aromatic rings. The molecule has 17 heavy (non-hydrogen) atoms. The molecule has 0 saturated heterocycles. The van der Waals surface area contributed by atoms with Gasteiger partial charge in [-0.25, -0.2) is 4.79 Å². The van der Waals surface area contributed by atoms with E-state index in [1.807, 2.05) is 0 Å². The average molecular weight is 236 g/mol. The highest BCUT2D eigenvalue weighted by molar-refractivity contribution is 5.60. The van der Waals surface area contributed by atoms with Crippen LogP contribution >= 0.6 is 0 Å². The SMILES string of the molecule is COC(=O)O[C@@H](C#N)c1cccc([N+](=O)[O-])c1. The van der Waals surface area contributed by atoms with E-state index in [2.05, 4.69) is 9.47 Å². The minimum atomic E-state index is -1.23. The van der Waals surface area contributed by atoms with Crippen molar-refractivity contribution in [3.05, 3.63) is 39.9 Å². The number of nitro benzene ring substituents is 1. The number of nitriles is 1. The van der Waals surface area contributed by atoms with Crippen molar-refractivity contribution in [1.29, 1.82) is 5.26 Å². The Bertz CT molecular complexity index is 480. The maximum absolute atomic E-state index is 10.8. The summed E-state index contributed by atoms with van der Waals surface area (Å²) in [6, 6.07) is 6.99. The van der Waals surface area contributed by atoms with E-state index < -0.39 is 17.2 Å². The Hall–Kier alpha value is -2.62. The maximum Gasteiger partial charge on any atom is 0.509 e. The Labute approximate surface area is 96.3 Å². The molecule has 1 rings (SSSR count). The first kappa shape index (κ1) is 12.4. The van der Waals surface area contributed by atoms with Crippen LogP contribution in [0.15, 0.2) is 24.3 Å². The predicted molar refractivity (Wildman–Crippen MR) is 54.9 cm³/mol. The number of benzene rings is 1. The van der Waals surface area contributed by atoms with Crippen LogP contribution in [-0.4, -0.2) is 18.2 Å². The Morgan fingerprint density at radius 2 is 2.29 bits per heavy atom. The van der Waals surface area contributed by atoms with E-state index in [-0.39, 0.29) is 11.3 Å². The van der Waals surface area contributed by atoms with Gasteiger partial charge in [-0.05, 0) is 0 Å². The van der Waals surface area contributed by atoms with Crippen molar-refractivity contribution in [2.75, 3.05) is 7.11 Å². The topological polar surface area (TPSA) is 102 Å². The summed E-state index contributed by atoms with van der Waals surface area (Å²) < 4.78 is 8.86. The van der Waals surface area contributed by atoms with Gasteiger partial charge in [0.25, 0.3) is 5.69 Å². The first-order valence-corrected chi connectivity index (χ1v) is 4.47. The zero-order chi connectivity index (χ0) is 12.8. The molecule has 0 radical (unpaired) electrons. The van der Waals surface area contributed by atoms with Crippen LogP contribution in [0.3, 0.4) is 0 Å². The maximum atomic E-state index is 10.8. The standard InChI is InChI=1S/C10H8N2O5/c1-16-10(13)17-9(6-11)7-3-2-4-8(5-7)12(14)15/h2-5,9H,1H3/t9-/m0/s1. The lowest BCUT2D eigenvalue weighted by Gasteiger charge is -2.09. The molecule has 1 atom stereocenters. The number of rotatable bonds is 3. The summed E-state index contributed by atoms with van der Waals surface area (Å²) in [5.74, 6) is 0. The number of nitrogens with zero attached hydrogens (tertiary/aromatic N) is 2. The number of methoxy groups -OCH3 is 1. The van der Waals surface area contributed by atoms with Crippen molar-refractivity contribution in [1.82, 2.24) is 0 Å². The highest BCUT2D eigenvalue weighted by Gasteiger charge is 2.18. The molecular formula is C10H8N2O5. The lowest BCUT2D eigenvalue weighted by Crippen LogP contribution is -2.10. The molecule has 0 heterocycles. The van der Waals surface area contributed by atoms with Gasteiger partial charge in [-0.1, -0.05) is 12.1 Å². The zero-order valence-electron chi connectivity index (χ0n) is 8.82. The van der Waals surface area contributed by atoms with Gasteiger partial charge in [0.15, 0.2) is 0 Å². The van der Waals surface area contributed by atoms with Gasteiger partial charge in [-0.2, -0.15) is 5.26 Å². The second kappa shape index (κ2) is 5.46. The normalized spacial score (nSPS) is 11.1. The molecule has 7 heteroatoms. The molecule has 0 spiro atoms. The van der Waals surface area contributed by atoms with Crippen molar-refractivity contribution in [3.8, 4) is 6.07 Å². The molecule has 1 aromatic carbocycles. The van der Waals surface area contributed by atoms with Gasteiger partial charge in [-0.3, -0.25) is 10.1 Å². The van der Waals surface area contributed by atoms with Crippen LogP contribution in [0.2, 0.25) is 0 Å². The fourth-order valence-electron chi connectivity index (χ4n) is 1.11. The number of carbonyl (C=O) groups excluding carboxylic acids is 1. The summed E-state index contributed by atoms with van der Waals surface area (Å²) in [6.45, 7) is 0. The average Bonchev–Trinajstić information content (AvgIpc) is 2.35. The third-order valence-electron chi connectivity index (χ3n) is 1.88. The first-order chi connectivity index (χ1) is 8.08. The van der Waals surface area contributed by atoms with Gasteiger partial charge < -0.3 is 9.47 Å². The molecule has 0 bridgehead atoms. The van der Waals surface area contributed by atoms with Crippen molar-refractivity contribution in [2.24, 2.45) is 0 Å². The fourth-order valence-corrected chi connectivity index (χ4v) is 1.11. The Kier molecular flexibility index (Phi) is 4.00. The van der Waals surface area contributed by atoms with Crippen molar-refractivity contribution in [3.63, 3.8) is 0 Å². The molecule has 0 N–H and O–H groups in total. The smallest absolute Gasteiger partial charge is 0.438 e. The Morgan fingerprint density at radius 1 is 1.59 bits per heavy atom. The van der Waals surface area contributed by atoms with Crippen molar-refractivity contribution < 1.29 is 19.2 Å². The van der Waals surface area contributed by atoms with Gasteiger partial charge in [0.05, 0.1) is 12.0 Å². The molecule has 0 aliphatic carbocycles. The molecule has 0 saturated carbocycles. The van der Waals surface area contributed by atoms with E-state index in [1.165, 1.54) is 18.2 Å². The minimum absolute atomic E-state index is 0.184. The van der Waals surface area contributed by atoms with Gasteiger partial charge in [0.2, 0.25) is 6.10 Å². The quantitative estimate of drug-likeness (QED) is 0.451. The number of nitro groups is 1. The number of non-ortho nitro benzene ring substituents is 1. The lowest BCUT2D eigenvalue weighted by molar-refractivity contribution is -0.385. The monoisotopic (exact) mass is 236 g/mol. The van der Waals surface area contributed by atoms with Gasteiger partial charge in [0.1, 0.15) is 6.07 Å². The summed E-state index contributed by atoms with van der Waals surface area (Å²) in [5.41, 5.74) is 0.0308. The van der Waals surface area contributed by atoms with E-state index in [1.54, 1.807) is 6.07 Å². The van der Waals surface area contributed by atoms with E-state index in [4.69, 9.17) is 5.26 Å². The second-order valence-corrected chi connectivity index (χ2v) is 2.93. The van der Waals surface area contributed by atoms with E-state index in [0.717, 1.165) is 13.2 Å². The summed E-state index contributed by atoms with van der Waals surface area (Å²) in [7, 11) is 1.10. The number of ether oxygens (including phenoxy) is 2. The van der Waals surface area contributed by atoms with Crippen LogP contribution in [0.4, 0.5) is 10.5 Å². The molecule has 0 amide bonds. The summed E-state index contributed by atoms with van der Waals surface area (Å²) in [4.78, 5) is 20.8. The Balaban J connectivity index is 2.97. The van der Waals surface area contributed by atoms with Crippen LogP contribution < -0.4 is 0 Å². The van der Waals surface area contributed by atoms with Gasteiger partial charge in [0, 0.05) is 17.7 Å². The molecule has 7 nitrogen and oxygen atoms in total. The highest BCUT2D eigenvalue weighted by Crippen LogP contribution is 2.21. The van der Waals surface area contributed by atoms with Crippen LogP contribution in [0.1, 0.15) is 11.7 Å². The first-order valence-electron chi connectivity index (χ1n) is 4.47. The second-order valence-electron chi connectivity index (χ2n) is 2.93. The number of hydrogen-bond acceptors (Lipinski definition) is 6. The number of carbonyl (C=O) groups is 1. The number of hydrogen-bond donors (Lipinski definition) is 0. The highest BCUT2D eigenvalue weighted by atomic mass is 16.7. The van der Waals surface area contributed by atoms with Crippen molar-refractivity contribution in [2.45, 2.75) is 6.10 Å². The third-order valence-corrected chi connectivity index (χ3v) is 1.88. The van der Waals surface area contributed by atoms with Crippen LogP contribution in [0, 0.1) is 21.4 Å². The van der Waals surface area contributed by atoms with Gasteiger partial charge in [-0.15, -0.1) is 0 Å². The van der Waals surface area contributed by atoms with Crippen molar-refractivity contribution >= 4 is 11.8 Å². The van der Waals surface area contributed by atoms with E-state index in [0.29, 0.717) is 0 Å². The van der Waals surface area contributed by atoms with Crippen LogP contribution in [0.25, 0.3) is 0 Å². The third kappa shape index (κ3) is 3.17. The molecule has 0 aliphatic heterocycles.